The largest absolute Gasteiger partial charge is 0.478 e. The Kier molecular flexibility index (Phi) is 6.21. The maximum atomic E-state index is 10.8. The molecule has 1 aromatic carbocycles. The van der Waals surface area contributed by atoms with Crippen LogP contribution in [0.15, 0.2) is 18.2 Å². The van der Waals surface area contributed by atoms with Crippen molar-refractivity contribution in [3.63, 3.8) is 0 Å². The van der Waals surface area contributed by atoms with Crippen molar-refractivity contribution < 1.29 is 19.8 Å². The number of benzene rings is 1. The van der Waals surface area contributed by atoms with Crippen molar-refractivity contribution in [1.82, 2.24) is 0 Å². The van der Waals surface area contributed by atoms with E-state index in [1.807, 2.05) is 6.92 Å². The van der Waals surface area contributed by atoms with Crippen LogP contribution in [-0.4, -0.2) is 48.7 Å². The maximum absolute atomic E-state index is 10.8. The van der Waals surface area contributed by atoms with Crippen LogP contribution >= 0.6 is 0 Å². The fourth-order valence-corrected chi connectivity index (χ4v) is 1.41. The van der Waals surface area contributed by atoms with Gasteiger partial charge in [0.25, 0.3) is 0 Å². The molecule has 0 unspecified atom stereocenters. The molecule has 5 heteroatoms. The van der Waals surface area contributed by atoms with Crippen LogP contribution in [-0.2, 0) is 6.42 Å². The average molecular weight is 417 g/mol. The van der Waals surface area contributed by atoms with Crippen LogP contribution in [0.2, 0.25) is 0 Å². The van der Waals surface area contributed by atoms with E-state index >= 15 is 0 Å². The van der Waals surface area contributed by atoms with Crippen molar-refractivity contribution in [3.8, 4) is 0 Å². The maximum Gasteiger partial charge on any atom is 0.335 e. The first-order chi connectivity index (χ1) is 7.06. The summed E-state index contributed by atoms with van der Waals surface area (Å²) in [4.78, 5) is 21.5. The molecular formula is C11H12O4Po. The van der Waals surface area contributed by atoms with Crippen LogP contribution in [0.1, 0.15) is 39.6 Å². The van der Waals surface area contributed by atoms with Gasteiger partial charge in [0, 0.05) is 26.6 Å². The molecule has 0 fully saturated rings. The summed E-state index contributed by atoms with van der Waals surface area (Å²) < 4.78 is 0. The zero-order chi connectivity index (χ0) is 11.4. The molecule has 0 heterocycles. The van der Waals surface area contributed by atoms with Gasteiger partial charge in [-0.25, -0.2) is 9.59 Å². The van der Waals surface area contributed by atoms with Crippen LogP contribution in [0.3, 0.4) is 0 Å². The van der Waals surface area contributed by atoms with Gasteiger partial charge in [-0.2, -0.15) is 0 Å². The van der Waals surface area contributed by atoms with Gasteiger partial charge < -0.3 is 10.2 Å². The summed E-state index contributed by atoms with van der Waals surface area (Å²) in [7, 11) is 0. The molecule has 0 saturated heterocycles. The summed E-state index contributed by atoms with van der Waals surface area (Å²) in [6, 6.07) is 4.08. The molecule has 0 aliphatic heterocycles. The van der Waals surface area contributed by atoms with Gasteiger partial charge in [0.05, 0.1) is 11.1 Å². The van der Waals surface area contributed by atoms with Crippen LogP contribution in [0, 0.1) is 0 Å². The number of carboxylic acid groups (broad SMARTS) is 2. The van der Waals surface area contributed by atoms with Gasteiger partial charge in [0.2, 0.25) is 0 Å². The third-order valence-corrected chi connectivity index (χ3v) is 2.10. The molecule has 86 valence electrons. The Balaban J connectivity index is 0.00000225. The SMILES string of the molecule is CCCc1cc(C(=O)O)ccc1C(=O)O.[Po]. The minimum absolute atomic E-state index is 0. The molecule has 2 radical (unpaired) electrons. The second-order valence-corrected chi connectivity index (χ2v) is 3.23. The van der Waals surface area contributed by atoms with Crippen molar-refractivity contribution in [2.75, 3.05) is 0 Å². The van der Waals surface area contributed by atoms with Crippen molar-refractivity contribution in [2.24, 2.45) is 0 Å². The number of carboxylic acids is 2. The number of hydrogen-bond acceptors (Lipinski definition) is 2. The third kappa shape index (κ3) is 3.57. The molecule has 0 spiro atoms. The van der Waals surface area contributed by atoms with Gasteiger partial charge in [-0.15, -0.1) is 0 Å². The minimum Gasteiger partial charge on any atom is -0.478 e. The zero-order valence-corrected chi connectivity index (χ0v) is 11.9. The molecule has 0 atom stereocenters. The Morgan fingerprint density at radius 3 is 2.25 bits per heavy atom. The molecule has 4 nitrogen and oxygen atoms in total. The fraction of sp³-hybridized carbons (Fsp3) is 0.273. The number of aromatic carboxylic acids is 2. The predicted octanol–water partition coefficient (Wildman–Crippen LogP) is 1.65. The molecule has 0 aliphatic carbocycles. The van der Waals surface area contributed by atoms with E-state index in [0.717, 1.165) is 6.42 Å². The van der Waals surface area contributed by atoms with Crippen molar-refractivity contribution in [2.45, 2.75) is 19.8 Å². The zero-order valence-electron chi connectivity index (χ0n) is 8.77. The second-order valence-electron chi connectivity index (χ2n) is 3.23. The standard InChI is InChI=1S/C11H12O4.Po/c1-2-3-7-6-8(10(12)13)4-5-9(7)11(14)15;/h4-6H,2-3H2,1H3,(H,12,13)(H,14,15);. The van der Waals surface area contributed by atoms with Gasteiger partial charge in [0.1, 0.15) is 0 Å². The Labute approximate surface area is 113 Å². The van der Waals surface area contributed by atoms with Gasteiger partial charge in [-0.05, 0) is 30.2 Å². The second kappa shape index (κ2) is 6.60. The van der Waals surface area contributed by atoms with Crippen LogP contribution < -0.4 is 0 Å². The third-order valence-electron chi connectivity index (χ3n) is 2.10. The van der Waals surface area contributed by atoms with Crippen molar-refractivity contribution in [3.05, 3.63) is 34.9 Å². The van der Waals surface area contributed by atoms with Crippen LogP contribution in [0.25, 0.3) is 0 Å². The number of carbonyl (C=O) groups is 2. The molecule has 1 aromatic rings. The first-order valence-electron chi connectivity index (χ1n) is 4.65. The molecular weight excluding hydrogens is 405 g/mol. The number of rotatable bonds is 4. The van der Waals surface area contributed by atoms with E-state index in [-0.39, 0.29) is 37.7 Å². The van der Waals surface area contributed by atoms with E-state index in [1.165, 1.54) is 18.2 Å². The summed E-state index contributed by atoms with van der Waals surface area (Å²) >= 11 is 0. The molecule has 0 aliphatic rings. The Hall–Kier alpha value is -0.944. The van der Waals surface area contributed by atoms with Gasteiger partial charge in [-0.1, -0.05) is 13.3 Å². The van der Waals surface area contributed by atoms with Crippen molar-refractivity contribution >= 4 is 38.5 Å². The fourth-order valence-electron chi connectivity index (χ4n) is 1.41. The summed E-state index contributed by atoms with van der Waals surface area (Å²) in [5, 5.41) is 17.6. The molecule has 2 N–H and O–H groups in total. The first kappa shape index (κ1) is 15.1. The van der Waals surface area contributed by atoms with Crippen LogP contribution in [0.4, 0.5) is 0 Å². The summed E-state index contributed by atoms with van der Waals surface area (Å²) in [5.41, 5.74) is 0.884. The minimum atomic E-state index is -1.04. The monoisotopic (exact) mass is 417 g/mol. The molecule has 0 aromatic heterocycles. The predicted molar refractivity (Wildman–Crippen MR) is 60.1 cm³/mol. The van der Waals surface area contributed by atoms with Gasteiger partial charge >= 0.3 is 11.9 Å². The quantitative estimate of drug-likeness (QED) is 0.782. The summed E-state index contributed by atoms with van der Waals surface area (Å²) in [5.74, 6) is -2.06. The normalized spacial score (nSPS) is 9.31. The van der Waals surface area contributed by atoms with E-state index in [1.54, 1.807) is 0 Å². The van der Waals surface area contributed by atoms with E-state index in [0.29, 0.717) is 12.0 Å². The Bertz CT molecular complexity index is 401. The van der Waals surface area contributed by atoms with E-state index < -0.39 is 11.9 Å². The van der Waals surface area contributed by atoms with E-state index in [2.05, 4.69) is 0 Å². The van der Waals surface area contributed by atoms with Crippen molar-refractivity contribution in [1.29, 1.82) is 0 Å². The summed E-state index contributed by atoms with van der Waals surface area (Å²) in [6.45, 7) is 1.92. The molecule has 16 heavy (non-hydrogen) atoms. The Morgan fingerprint density at radius 2 is 1.81 bits per heavy atom. The van der Waals surface area contributed by atoms with Crippen LogP contribution in [0.5, 0.6) is 0 Å². The summed E-state index contributed by atoms with van der Waals surface area (Å²) in [6.07, 6.45) is 1.35. The molecule has 0 bridgehead atoms. The van der Waals surface area contributed by atoms with Gasteiger partial charge in [-0.3, -0.25) is 0 Å². The molecule has 1 rings (SSSR count). The topological polar surface area (TPSA) is 74.6 Å². The molecule has 0 saturated carbocycles. The Morgan fingerprint density at radius 1 is 1.19 bits per heavy atom. The first-order valence-corrected chi connectivity index (χ1v) is 4.65. The smallest absolute Gasteiger partial charge is 0.335 e. The number of hydrogen-bond donors (Lipinski definition) is 2. The van der Waals surface area contributed by atoms with Gasteiger partial charge in [0.15, 0.2) is 0 Å². The van der Waals surface area contributed by atoms with E-state index in [4.69, 9.17) is 10.2 Å². The molecule has 0 amide bonds. The average Bonchev–Trinajstić information content (AvgIpc) is 2.17. The number of aryl methyl sites for hydroxylation is 1. The van der Waals surface area contributed by atoms with E-state index in [9.17, 15) is 9.59 Å².